The van der Waals surface area contributed by atoms with E-state index in [1.807, 2.05) is 50.2 Å². The molecule has 0 unspecified atom stereocenters. The number of hydrogen-bond acceptors (Lipinski definition) is 3. The molecular weight excluding hydrogens is 319 g/mol. The van der Waals surface area contributed by atoms with Crippen LogP contribution in [0.3, 0.4) is 0 Å². The van der Waals surface area contributed by atoms with Crippen molar-refractivity contribution in [1.29, 1.82) is 0 Å². The minimum atomic E-state index is -3.04. The van der Waals surface area contributed by atoms with Gasteiger partial charge < -0.3 is 9.05 Å². The highest BCUT2D eigenvalue weighted by Crippen LogP contribution is 2.51. The fraction of sp³-hybridized carbons (Fsp3) is 0.300. The summed E-state index contributed by atoms with van der Waals surface area (Å²) in [6, 6.07) is 16.3. The third kappa shape index (κ3) is 5.45. The van der Waals surface area contributed by atoms with E-state index in [0.29, 0.717) is 19.4 Å². The number of aryl methyl sites for hydroxylation is 1. The molecule has 3 nitrogen and oxygen atoms in total. The first-order valence-corrected chi connectivity index (χ1v) is 10.00. The zero-order valence-electron chi connectivity index (χ0n) is 14.6. The molecule has 0 N–H and O–H groups in total. The third-order valence-electron chi connectivity index (χ3n) is 3.65. The Bertz CT molecular complexity index is 710. The molecule has 0 radical (unpaired) electrons. The second-order valence-corrected chi connectivity index (χ2v) is 7.59. The lowest BCUT2D eigenvalue weighted by Crippen LogP contribution is -1.99. The molecule has 0 fully saturated rings. The van der Waals surface area contributed by atoms with Crippen molar-refractivity contribution in [3.05, 3.63) is 70.8 Å². The van der Waals surface area contributed by atoms with Gasteiger partial charge in [0.15, 0.2) is 0 Å². The molecule has 0 aliphatic rings. The summed E-state index contributed by atoms with van der Waals surface area (Å²) in [4.78, 5) is 0. The number of rotatable bonds is 8. The lowest BCUT2D eigenvalue weighted by atomic mass is 10.1. The maximum atomic E-state index is 12.6. The summed E-state index contributed by atoms with van der Waals surface area (Å²) in [6.45, 7) is 6.51. The first-order chi connectivity index (χ1) is 11.6. The van der Waals surface area contributed by atoms with Gasteiger partial charge >= 0.3 is 7.60 Å². The van der Waals surface area contributed by atoms with Crippen molar-refractivity contribution >= 4 is 19.7 Å². The van der Waals surface area contributed by atoms with Crippen LogP contribution in [0, 0.1) is 6.92 Å². The van der Waals surface area contributed by atoms with Gasteiger partial charge in [0.25, 0.3) is 0 Å². The summed E-state index contributed by atoms with van der Waals surface area (Å²) in [5.74, 6) is 0. The van der Waals surface area contributed by atoms with E-state index in [2.05, 4.69) is 31.2 Å². The maximum absolute atomic E-state index is 12.6. The van der Waals surface area contributed by atoms with Crippen molar-refractivity contribution in [3.8, 4) is 0 Å². The summed E-state index contributed by atoms with van der Waals surface area (Å²) in [6.07, 6.45) is 4.49. The molecule has 0 amide bonds. The summed E-state index contributed by atoms with van der Waals surface area (Å²) in [5.41, 5.74) is 4.51. The van der Waals surface area contributed by atoms with Gasteiger partial charge in [-0.05, 0) is 43.0 Å². The van der Waals surface area contributed by atoms with Gasteiger partial charge in [-0.2, -0.15) is 0 Å². The Labute approximate surface area is 144 Å². The fourth-order valence-corrected chi connectivity index (χ4v) is 4.14. The predicted octanol–water partition coefficient (Wildman–Crippen LogP) is 5.93. The van der Waals surface area contributed by atoms with E-state index in [0.717, 1.165) is 11.1 Å². The van der Waals surface area contributed by atoms with Gasteiger partial charge in [-0.1, -0.05) is 60.7 Å². The van der Waals surface area contributed by atoms with Crippen LogP contribution in [0.15, 0.2) is 48.5 Å². The average molecular weight is 344 g/mol. The van der Waals surface area contributed by atoms with Gasteiger partial charge in [-0.15, -0.1) is 0 Å². The third-order valence-corrected chi connectivity index (χ3v) is 5.71. The van der Waals surface area contributed by atoms with E-state index < -0.39 is 7.60 Å². The Kier molecular flexibility index (Phi) is 6.99. The van der Waals surface area contributed by atoms with Gasteiger partial charge in [0.05, 0.1) is 19.4 Å². The van der Waals surface area contributed by atoms with E-state index in [1.54, 1.807) is 0 Å². The molecule has 128 valence electrons. The van der Waals surface area contributed by atoms with Crippen LogP contribution in [0.2, 0.25) is 0 Å². The van der Waals surface area contributed by atoms with Crippen LogP contribution < -0.4 is 0 Å². The van der Waals surface area contributed by atoms with E-state index >= 15 is 0 Å². The largest absolute Gasteiger partial charge is 0.335 e. The van der Waals surface area contributed by atoms with Crippen LogP contribution in [0.4, 0.5) is 0 Å². The zero-order valence-corrected chi connectivity index (χ0v) is 15.5. The van der Waals surface area contributed by atoms with Crippen LogP contribution in [0.25, 0.3) is 12.2 Å². The average Bonchev–Trinajstić information content (AvgIpc) is 2.56. The van der Waals surface area contributed by atoms with Crippen molar-refractivity contribution in [3.63, 3.8) is 0 Å². The van der Waals surface area contributed by atoms with Crippen molar-refractivity contribution in [1.82, 2.24) is 0 Å². The highest BCUT2D eigenvalue weighted by Gasteiger charge is 2.23. The molecule has 0 aliphatic heterocycles. The molecule has 0 saturated heterocycles. The maximum Gasteiger partial charge on any atom is 0.335 e. The first-order valence-electron chi connectivity index (χ1n) is 8.27. The number of hydrogen-bond donors (Lipinski definition) is 0. The molecular formula is C20H25O3P. The van der Waals surface area contributed by atoms with E-state index in [9.17, 15) is 4.57 Å². The van der Waals surface area contributed by atoms with Crippen molar-refractivity contribution in [2.45, 2.75) is 26.9 Å². The fourth-order valence-electron chi connectivity index (χ4n) is 2.44. The first kappa shape index (κ1) is 18.7. The Hall–Kier alpha value is -1.67. The minimum absolute atomic E-state index is 0.302. The topological polar surface area (TPSA) is 35.5 Å². The molecule has 0 atom stereocenters. The second kappa shape index (κ2) is 8.98. The van der Waals surface area contributed by atoms with Gasteiger partial charge in [-0.25, -0.2) is 0 Å². The molecule has 0 bridgehead atoms. The summed E-state index contributed by atoms with van der Waals surface area (Å²) in [7, 11) is -3.04. The van der Waals surface area contributed by atoms with Crippen molar-refractivity contribution in [2.75, 3.05) is 13.2 Å². The highest BCUT2D eigenvalue weighted by molar-refractivity contribution is 7.53. The van der Waals surface area contributed by atoms with Gasteiger partial charge in [0.1, 0.15) is 0 Å². The number of benzene rings is 2. The predicted molar refractivity (Wildman–Crippen MR) is 101 cm³/mol. The van der Waals surface area contributed by atoms with E-state index in [4.69, 9.17) is 9.05 Å². The molecule has 2 aromatic rings. The molecule has 0 saturated carbocycles. The van der Waals surface area contributed by atoms with Crippen molar-refractivity contribution < 1.29 is 13.6 Å². The molecule has 4 heteroatoms. The van der Waals surface area contributed by atoms with Gasteiger partial charge in [0.2, 0.25) is 0 Å². The van der Waals surface area contributed by atoms with Crippen LogP contribution in [0.1, 0.15) is 36.1 Å². The molecule has 0 aliphatic carbocycles. The van der Waals surface area contributed by atoms with Crippen LogP contribution >= 0.6 is 7.60 Å². The van der Waals surface area contributed by atoms with Gasteiger partial charge in [-0.3, -0.25) is 4.57 Å². The van der Waals surface area contributed by atoms with Gasteiger partial charge in [0, 0.05) is 0 Å². The lowest BCUT2D eigenvalue weighted by Gasteiger charge is -2.16. The molecule has 2 rings (SSSR count). The Balaban J connectivity index is 2.07. The summed E-state index contributed by atoms with van der Waals surface area (Å²) < 4.78 is 23.2. The summed E-state index contributed by atoms with van der Waals surface area (Å²) in [5, 5.41) is 0. The normalized spacial score (nSPS) is 12.0. The van der Waals surface area contributed by atoms with E-state index in [1.165, 1.54) is 11.1 Å². The Morgan fingerprint density at radius 1 is 0.917 bits per heavy atom. The van der Waals surface area contributed by atoms with Crippen molar-refractivity contribution in [2.24, 2.45) is 0 Å². The molecule has 24 heavy (non-hydrogen) atoms. The van der Waals surface area contributed by atoms with Crippen LogP contribution in [-0.2, 0) is 19.8 Å². The van der Waals surface area contributed by atoms with Crippen LogP contribution in [-0.4, -0.2) is 13.2 Å². The monoisotopic (exact) mass is 344 g/mol. The smallest absolute Gasteiger partial charge is 0.309 e. The lowest BCUT2D eigenvalue weighted by molar-refractivity contribution is 0.219. The molecule has 0 aromatic heterocycles. The second-order valence-electron chi connectivity index (χ2n) is 5.54. The Morgan fingerprint density at radius 2 is 1.54 bits per heavy atom. The molecule has 0 spiro atoms. The highest BCUT2D eigenvalue weighted by atomic mass is 31.2. The minimum Gasteiger partial charge on any atom is -0.309 e. The SMILES string of the molecule is CCOP(=O)(Cc1ccc(/C=C/c2ccccc2C)cc1)OCC. The molecule has 2 aromatic carbocycles. The standard InChI is InChI=1S/C20H25O3P/c1-4-22-24(21,23-5-2)16-19-12-10-18(11-13-19)14-15-20-9-7-6-8-17(20)3/h6-15H,4-5,16H2,1-3H3/b15-14+. The summed E-state index contributed by atoms with van der Waals surface area (Å²) >= 11 is 0. The van der Waals surface area contributed by atoms with Crippen LogP contribution in [0.5, 0.6) is 0 Å². The molecule has 0 heterocycles. The quantitative estimate of drug-likeness (QED) is 0.440. The zero-order chi connectivity index (χ0) is 17.4. The Morgan fingerprint density at radius 3 is 2.12 bits per heavy atom. The van der Waals surface area contributed by atoms with E-state index in [-0.39, 0.29) is 0 Å².